The number of hydrogen-bond donors (Lipinski definition) is 3. The summed E-state index contributed by atoms with van der Waals surface area (Å²) in [6.07, 6.45) is 10.0. The topological polar surface area (TPSA) is 74.2 Å². The molecule has 1 aliphatic heterocycles. The molecule has 5 rings (SSSR count). The number of aryl methyl sites for hydroxylation is 1. The predicted molar refractivity (Wildman–Crippen MR) is 138 cm³/mol. The lowest BCUT2D eigenvalue weighted by molar-refractivity contribution is 0.461. The third-order valence-corrected chi connectivity index (χ3v) is 7.73. The molecule has 8 heteroatoms. The second-order valence-corrected chi connectivity index (χ2v) is 9.98. The van der Waals surface area contributed by atoms with Crippen LogP contribution in [0.4, 0.5) is 5.95 Å². The van der Waals surface area contributed by atoms with Crippen LogP contribution in [0.5, 0.6) is 0 Å². The Labute approximate surface area is 204 Å². The van der Waals surface area contributed by atoms with Crippen molar-refractivity contribution in [1.29, 1.82) is 0 Å². The maximum absolute atomic E-state index is 6.26. The van der Waals surface area contributed by atoms with E-state index in [4.69, 9.17) is 16.6 Å². The quantitative estimate of drug-likeness (QED) is 0.363. The van der Waals surface area contributed by atoms with Crippen molar-refractivity contribution < 1.29 is 0 Å². The maximum atomic E-state index is 6.26. The Bertz CT molecular complexity index is 1160. The van der Waals surface area contributed by atoms with Gasteiger partial charge in [0, 0.05) is 28.9 Å². The zero-order chi connectivity index (χ0) is 22.6. The van der Waals surface area contributed by atoms with Gasteiger partial charge in [-0.05, 0) is 60.5 Å². The molecule has 0 spiro atoms. The molecule has 1 fully saturated rings. The third kappa shape index (κ3) is 5.20. The van der Waals surface area contributed by atoms with Crippen LogP contribution in [0, 0.1) is 0 Å². The van der Waals surface area contributed by atoms with Gasteiger partial charge < -0.3 is 15.5 Å². The molecule has 1 saturated carbocycles. The third-order valence-electron chi connectivity index (χ3n) is 6.37. The van der Waals surface area contributed by atoms with Crippen molar-refractivity contribution in [2.45, 2.75) is 68.8 Å². The minimum Gasteiger partial charge on any atom is -0.351 e. The summed E-state index contributed by atoms with van der Waals surface area (Å²) in [6, 6.07) is 12.9. The molecule has 6 nitrogen and oxygen atoms in total. The van der Waals surface area contributed by atoms with Crippen LogP contribution in [-0.2, 0) is 6.42 Å². The number of fused-ring (bicyclic) bond motifs is 1. The fourth-order valence-electron chi connectivity index (χ4n) is 4.55. The highest BCUT2D eigenvalue weighted by Crippen LogP contribution is 2.30. The first kappa shape index (κ1) is 22.3. The van der Waals surface area contributed by atoms with E-state index in [0.717, 1.165) is 45.4 Å². The van der Waals surface area contributed by atoms with Crippen molar-refractivity contribution >= 4 is 46.2 Å². The van der Waals surface area contributed by atoms with E-state index >= 15 is 0 Å². The smallest absolute Gasteiger partial charge is 0.223 e. The van der Waals surface area contributed by atoms with E-state index < -0.39 is 0 Å². The highest BCUT2D eigenvalue weighted by molar-refractivity contribution is 7.98. The number of hydrazone groups is 1. The summed E-state index contributed by atoms with van der Waals surface area (Å²) < 4.78 is 3.34. The van der Waals surface area contributed by atoms with Crippen LogP contribution in [0.2, 0.25) is 5.02 Å². The Kier molecular flexibility index (Phi) is 6.88. The lowest BCUT2D eigenvalue weighted by Gasteiger charge is -2.23. The van der Waals surface area contributed by atoms with E-state index in [1.807, 2.05) is 30.5 Å². The van der Waals surface area contributed by atoms with Crippen molar-refractivity contribution in [3.05, 3.63) is 58.7 Å². The minimum atomic E-state index is 0.120. The van der Waals surface area contributed by atoms with Crippen LogP contribution >= 0.6 is 23.5 Å². The number of amidine groups is 1. The van der Waals surface area contributed by atoms with E-state index in [1.54, 1.807) is 0 Å². The summed E-state index contributed by atoms with van der Waals surface area (Å²) in [7, 11) is 0. The molecular formula is C25H29ClN6S. The SMILES string of the molecule is CCc1cc(C2CC(NSc3ccccc3Cl)=NN2)cc2cnc(NC3CCCCC3)nc12. The molecule has 1 atom stereocenters. The molecule has 2 aliphatic rings. The zero-order valence-corrected chi connectivity index (χ0v) is 20.3. The molecule has 3 aromatic rings. The Morgan fingerprint density at radius 3 is 2.82 bits per heavy atom. The lowest BCUT2D eigenvalue weighted by Crippen LogP contribution is -2.23. The van der Waals surface area contributed by atoms with Gasteiger partial charge in [0.2, 0.25) is 5.95 Å². The number of hydrogen-bond acceptors (Lipinski definition) is 7. The molecule has 1 aromatic heterocycles. The van der Waals surface area contributed by atoms with Crippen LogP contribution in [0.15, 0.2) is 52.6 Å². The van der Waals surface area contributed by atoms with Crippen LogP contribution in [0.3, 0.4) is 0 Å². The van der Waals surface area contributed by atoms with Crippen molar-refractivity contribution in [2.75, 3.05) is 5.32 Å². The number of benzene rings is 2. The lowest BCUT2D eigenvalue weighted by atomic mass is 9.96. The normalized spacial score (nSPS) is 18.7. The number of aromatic nitrogens is 2. The van der Waals surface area contributed by atoms with Gasteiger partial charge in [0.05, 0.1) is 16.6 Å². The minimum absolute atomic E-state index is 0.120. The molecule has 0 amide bonds. The summed E-state index contributed by atoms with van der Waals surface area (Å²) in [5, 5.41) is 9.87. The first-order valence-electron chi connectivity index (χ1n) is 11.7. The van der Waals surface area contributed by atoms with Crippen LogP contribution in [0.25, 0.3) is 10.9 Å². The summed E-state index contributed by atoms with van der Waals surface area (Å²) >= 11 is 7.74. The molecular weight excluding hydrogens is 452 g/mol. The molecule has 2 heterocycles. The Balaban J connectivity index is 1.28. The molecule has 2 aromatic carbocycles. The maximum Gasteiger partial charge on any atom is 0.223 e. The monoisotopic (exact) mass is 480 g/mol. The standard InChI is InChI=1S/C25H29ClN6S/c1-2-16-12-17(21-14-23(31-30-21)32-33-22-11-7-6-10-20(22)26)13-18-15-27-25(29-24(16)18)28-19-8-4-3-5-9-19/h6-7,10-13,15,19,21,30H,2-5,8-9,14H2,1H3,(H,31,32)(H,27,28,29). The van der Waals surface area contributed by atoms with E-state index in [-0.39, 0.29) is 6.04 Å². The number of nitrogens with zero attached hydrogens (tertiary/aromatic N) is 3. The molecule has 33 heavy (non-hydrogen) atoms. The number of halogens is 1. The number of nitrogens with one attached hydrogen (secondary N) is 3. The fourth-order valence-corrected chi connectivity index (χ4v) is 5.47. The summed E-state index contributed by atoms with van der Waals surface area (Å²) in [5.74, 6) is 1.66. The van der Waals surface area contributed by atoms with Gasteiger partial charge in [-0.15, -0.1) is 0 Å². The molecule has 0 bridgehead atoms. The molecule has 1 aliphatic carbocycles. The van der Waals surface area contributed by atoms with Crippen molar-refractivity contribution in [3.63, 3.8) is 0 Å². The van der Waals surface area contributed by atoms with Gasteiger partial charge in [0.1, 0.15) is 5.84 Å². The van der Waals surface area contributed by atoms with Gasteiger partial charge in [-0.3, -0.25) is 0 Å². The summed E-state index contributed by atoms with van der Waals surface area (Å²) in [6.45, 7) is 2.18. The summed E-state index contributed by atoms with van der Waals surface area (Å²) in [4.78, 5) is 10.5. The van der Waals surface area contributed by atoms with E-state index in [1.165, 1.54) is 55.2 Å². The van der Waals surface area contributed by atoms with Gasteiger partial charge in [-0.25, -0.2) is 9.97 Å². The number of anilines is 1. The summed E-state index contributed by atoms with van der Waals surface area (Å²) in [5.41, 5.74) is 6.77. The van der Waals surface area contributed by atoms with Crippen molar-refractivity contribution in [2.24, 2.45) is 5.10 Å². The zero-order valence-electron chi connectivity index (χ0n) is 18.8. The predicted octanol–water partition coefficient (Wildman–Crippen LogP) is 6.24. The van der Waals surface area contributed by atoms with Gasteiger partial charge in [0.15, 0.2) is 0 Å². The average molecular weight is 481 g/mol. The Morgan fingerprint density at radius 2 is 2.00 bits per heavy atom. The molecule has 0 saturated heterocycles. The molecule has 1 unspecified atom stereocenters. The van der Waals surface area contributed by atoms with Crippen LogP contribution < -0.4 is 15.5 Å². The Hall–Kier alpha value is -2.51. The first-order valence-corrected chi connectivity index (χ1v) is 12.9. The van der Waals surface area contributed by atoms with Gasteiger partial charge >= 0.3 is 0 Å². The second kappa shape index (κ2) is 10.2. The van der Waals surface area contributed by atoms with Gasteiger partial charge in [-0.1, -0.05) is 56.0 Å². The first-order chi connectivity index (χ1) is 16.2. The van der Waals surface area contributed by atoms with E-state index in [0.29, 0.717) is 6.04 Å². The Morgan fingerprint density at radius 1 is 1.15 bits per heavy atom. The van der Waals surface area contributed by atoms with Crippen LogP contribution in [-0.4, -0.2) is 21.8 Å². The van der Waals surface area contributed by atoms with E-state index in [2.05, 4.69) is 44.6 Å². The second-order valence-electron chi connectivity index (χ2n) is 8.72. The highest BCUT2D eigenvalue weighted by Gasteiger charge is 2.22. The van der Waals surface area contributed by atoms with Gasteiger partial charge in [0.25, 0.3) is 0 Å². The van der Waals surface area contributed by atoms with Crippen molar-refractivity contribution in [3.8, 4) is 0 Å². The molecule has 3 N–H and O–H groups in total. The van der Waals surface area contributed by atoms with E-state index in [9.17, 15) is 0 Å². The van der Waals surface area contributed by atoms with Gasteiger partial charge in [-0.2, -0.15) is 5.10 Å². The molecule has 172 valence electrons. The fraction of sp³-hybridized carbons (Fsp3) is 0.400. The van der Waals surface area contributed by atoms with Crippen molar-refractivity contribution in [1.82, 2.24) is 20.1 Å². The molecule has 0 radical (unpaired) electrons. The average Bonchev–Trinajstić information content (AvgIpc) is 3.33. The largest absolute Gasteiger partial charge is 0.351 e. The number of rotatable bonds is 6. The highest BCUT2D eigenvalue weighted by atomic mass is 35.5. The van der Waals surface area contributed by atoms with Crippen LogP contribution in [0.1, 0.15) is 62.6 Å².